The second-order valence-electron chi connectivity index (χ2n) is 6.14. The maximum Gasteiger partial charge on any atom is 0.325 e. The van der Waals surface area contributed by atoms with E-state index < -0.39 is 5.69 Å². The number of thiazole rings is 1. The SMILES string of the molecule is CCc1nc2c(s1)C=Cc1cc(C)ccc1C2c1c[nH]c(=O)[nH]c1=O. The summed E-state index contributed by atoms with van der Waals surface area (Å²) in [6.07, 6.45) is 6.51. The van der Waals surface area contributed by atoms with Crippen LogP contribution in [0.5, 0.6) is 0 Å². The molecular formula is C19H17N3O2S. The fraction of sp³-hybridized carbons (Fsp3) is 0.211. The van der Waals surface area contributed by atoms with Crippen LogP contribution in [-0.4, -0.2) is 15.0 Å². The molecule has 0 radical (unpaired) electrons. The number of aromatic nitrogens is 3. The van der Waals surface area contributed by atoms with Crippen LogP contribution in [0.25, 0.3) is 12.2 Å². The monoisotopic (exact) mass is 351 g/mol. The molecule has 3 aromatic rings. The van der Waals surface area contributed by atoms with Gasteiger partial charge in [0.1, 0.15) is 0 Å². The molecule has 2 heterocycles. The molecule has 1 aliphatic carbocycles. The molecule has 1 aromatic carbocycles. The maximum absolute atomic E-state index is 12.5. The zero-order valence-corrected chi connectivity index (χ0v) is 14.7. The van der Waals surface area contributed by atoms with Crippen molar-refractivity contribution in [2.75, 3.05) is 0 Å². The molecule has 0 fully saturated rings. The first-order valence-electron chi connectivity index (χ1n) is 8.17. The van der Waals surface area contributed by atoms with E-state index in [4.69, 9.17) is 4.98 Å². The second-order valence-corrected chi connectivity index (χ2v) is 7.25. The van der Waals surface area contributed by atoms with Gasteiger partial charge < -0.3 is 4.98 Å². The minimum absolute atomic E-state index is 0.308. The molecule has 1 aliphatic rings. The maximum atomic E-state index is 12.5. The van der Waals surface area contributed by atoms with E-state index in [9.17, 15) is 9.59 Å². The van der Waals surface area contributed by atoms with Crippen molar-refractivity contribution in [3.05, 3.63) is 83.1 Å². The quantitative estimate of drug-likeness (QED) is 0.582. The molecule has 2 N–H and O–H groups in total. The molecule has 2 aromatic heterocycles. The Morgan fingerprint density at radius 3 is 2.80 bits per heavy atom. The second kappa shape index (κ2) is 5.97. The number of hydrogen-bond donors (Lipinski definition) is 2. The Labute approximate surface area is 148 Å². The fourth-order valence-electron chi connectivity index (χ4n) is 3.23. The van der Waals surface area contributed by atoms with Gasteiger partial charge in [-0.15, -0.1) is 11.3 Å². The molecular weight excluding hydrogens is 334 g/mol. The highest BCUT2D eigenvalue weighted by molar-refractivity contribution is 7.12. The molecule has 0 aliphatic heterocycles. The third-order valence-electron chi connectivity index (χ3n) is 4.43. The first kappa shape index (κ1) is 15.8. The lowest BCUT2D eigenvalue weighted by Crippen LogP contribution is -2.27. The zero-order valence-electron chi connectivity index (χ0n) is 13.9. The van der Waals surface area contributed by atoms with E-state index in [2.05, 4.69) is 35.1 Å². The van der Waals surface area contributed by atoms with Gasteiger partial charge in [0.2, 0.25) is 0 Å². The average molecular weight is 351 g/mol. The molecule has 0 saturated carbocycles. The van der Waals surface area contributed by atoms with Gasteiger partial charge in [-0.25, -0.2) is 9.78 Å². The average Bonchev–Trinajstić information content (AvgIpc) is 2.93. The van der Waals surface area contributed by atoms with Crippen LogP contribution < -0.4 is 11.2 Å². The Morgan fingerprint density at radius 2 is 2.04 bits per heavy atom. The summed E-state index contributed by atoms with van der Waals surface area (Å²) in [5.74, 6) is -0.308. The molecule has 0 amide bonds. The van der Waals surface area contributed by atoms with Crippen molar-refractivity contribution in [2.45, 2.75) is 26.2 Å². The summed E-state index contributed by atoms with van der Waals surface area (Å²) >= 11 is 1.65. The molecule has 4 rings (SSSR count). The van der Waals surface area contributed by atoms with Gasteiger partial charge in [0.05, 0.1) is 21.5 Å². The Kier molecular flexibility index (Phi) is 3.77. The van der Waals surface area contributed by atoms with E-state index in [-0.39, 0.29) is 11.5 Å². The van der Waals surface area contributed by atoms with Crippen molar-refractivity contribution in [1.82, 2.24) is 15.0 Å². The predicted octanol–water partition coefficient (Wildman–Crippen LogP) is 3.05. The summed E-state index contributed by atoms with van der Waals surface area (Å²) in [6.45, 7) is 4.12. The van der Waals surface area contributed by atoms with Crippen molar-refractivity contribution < 1.29 is 0 Å². The largest absolute Gasteiger partial charge is 0.325 e. The number of fused-ring (bicyclic) bond motifs is 2. The van der Waals surface area contributed by atoms with E-state index in [1.54, 1.807) is 11.3 Å². The van der Waals surface area contributed by atoms with Crippen LogP contribution in [0.15, 0.2) is 34.0 Å². The van der Waals surface area contributed by atoms with E-state index >= 15 is 0 Å². The topological polar surface area (TPSA) is 78.6 Å². The van der Waals surface area contributed by atoms with E-state index in [1.165, 1.54) is 6.20 Å². The first-order valence-corrected chi connectivity index (χ1v) is 8.98. The minimum atomic E-state index is -0.502. The van der Waals surface area contributed by atoms with Crippen molar-refractivity contribution in [1.29, 1.82) is 0 Å². The van der Waals surface area contributed by atoms with Crippen LogP contribution in [0, 0.1) is 6.92 Å². The third-order valence-corrected chi connectivity index (χ3v) is 5.61. The molecule has 126 valence electrons. The van der Waals surface area contributed by atoms with Crippen LogP contribution in [-0.2, 0) is 6.42 Å². The first-order chi connectivity index (χ1) is 12.1. The number of benzene rings is 1. The number of aryl methyl sites for hydroxylation is 2. The van der Waals surface area contributed by atoms with Gasteiger partial charge in [0.15, 0.2) is 0 Å². The third kappa shape index (κ3) is 2.68. The predicted molar refractivity (Wildman–Crippen MR) is 100 cm³/mol. The highest BCUT2D eigenvalue weighted by Gasteiger charge is 2.28. The van der Waals surface area contributed by atoms with Gasteiger partial charge in [0.25, 0.3) is 5.56 Å². The summed E-state index contributed by atoms with van der Waals surface area (Å²) in [4.78, 5) is 34.7. The van der Waals surface area contributed by atoms with Crippen LogP contribution in [0.1, 0.15) is 50.7 Å². The molecule has 5 nitrogen and oxygen atoms in total. The Balaban J connectivity index is 2.04. The van der Waals surface area contributed by atoms with Gasteiger partial charge >= 0.3 is 5.69 Å². The molecule has 0 spiro atoms. The lowest BCUT2D eigenvalue weighted by atomic mass is 9.87. The highest BCUT2D eigenvalue weighted by atomic mass is 32.1. The Morgan fingerprint density at radius 1 is 1.20 bits per heavy atom. The number of aromatic amines is 2. The molecule has 0 saturated heterocycles. The fourth-order valence-corrected chi connectivity index (χ4v) is 4.18. The number of rotatable bonds is 2. The Bertz CT molecular complexity index is 1100. The van der Waals surface area contributed by atoms with Crippen molar-refractivity contribution in [2.24, 2.45) is 0 Å². The smallest absolute Gasteiger partial charge is 0.314 e. The van der Waals surface area contributed by atoms with Gasteiger partial charge in [-0.05, 0) is 30.5 Å². The molecule has 0 bridgehead atoms. The van der Waals surface area contributed by atoms with Gasteiger partial charge in [-0.2, -0.15) is 0 Å². The summed E-state index contributed by atoms with van der Waals surface area (Å²) in [7, 11) is 0. The van der Waals surface area contributed by atoms with Gasteiger partial charge in [-0.1, -0.05) is 36.8 Å². The number of H-pyrrole nitrogens is 2. The lowest BCUT2D eigenvalue weighted by molar-refractivity contribution is 0.862. The van der Waals surface area contributed by atoms with E-state index in [0.29, 0.717) is 5.56 Å². The highest BCUT2D eigenvalue weighted by Crippen LogP contribution is 2.39. The number of nitrogens with zero attached hydrogens (tertiary/aromatic N) is 1. The minimum Gasteiger partial charge on any atom is -0.314 e. The molecule has 1 unspecified atom stereocenters. The van der Waals surface area contributed by atoms with Crippen LogP contribution in [0.3, 0.4) is 0 Å². The van der Waals surface area contributed by atoms with Crippen LogP contribution in [0.2, 0.25) is 0 Å². The number of hydrogen-bond acceptors (Lipinski definition) is 4. The van der Waals surface area contributed by atoms with Crippen LogP contribution in [0.4, 0.5) is 0 Å². The van der Waals surface area contributed by atoms with Crippen molar-refractivity contribution in [3.63, 3.8) is 0 Å². The van der Waals surface area contributed by atoms with E-state index in [0.717, 1.165) is 38.7 Å². The standard InChI is InChI=1S/C19H17N3O2S/c1-3-15-21-17-14(25-15)7-5-11-8-10(2)4-6-12(11)16(17)13-9-20-19(24)22-18(13)23/h4-9,16H,3H2,1-2H3,(H2,20,22,23,24). The molecule has 1 atom stereocenters. The molecule has 6 heteroatoms. The Hall–Kier alpha value is -2.73. The van der Waals surface area contributed by atoms with Crippen molar-refractivity contribution >= 4 is 23.5 Å². The normalized spacial score (nSPS) is 15.5. The molecule has 25 heavy (non-hydrogen) atoms. The number of nitrogens with one attached hydrogen (secondary N) is 2. The summed E-state index contributed by atoms with van der Waals surface area (Å²) < 4.78 is 0. The van der Waals surface area contributed by atoms with Crippen molar-refractivity contribution in [3.8, 4) is 0 Å². The lowest BCUT2D eigenvalue weighted by Gasteiger charge is -2.17. The van der Waals surface area contributed by atoms with Gasteiger partial charge in [0, 0.05) is 11.8 Å². The zero-order chi connectivity index (χ0) is 17.6. The van der Waals surface area contributed by atoms with E-state index in [1.807, 2.05) is 19.1 Å². The van der Waals surface area contributed by atoms with Crippen LogP contribution >= 0.6 is 11.3 Å². The van der Waals surface area contributed by atoms with Gasteiger partial charge in [-0.3, -0.25) is 9.78 Å². The summed E-state index contributed by atoms with van der Waals surface area (Å²) in [6, 6.07) is 6.19. The summed E-state index contributed by atoms with van der Waals surface area (Å²) in [5, 5.41) is 1.04. The summed E-state index contributed by atoms with van der Waals surface area (Å²) in [5.41, 5.74) is 3.74.